The molecule has 0 atom stereocenters. The van der Waals surface area contributed by atoms with Gasteiger partial charge in [-0.25, -0.2) is 4.98 Å². The van der Waals surface area contributed by atoms with Gasteiger partial charge in [0.25, 0.3) is 5.91 Å². The molecule has 6 heteroatoms. The number of nitrogens with one attached hydrogen (secondary N) is 1. The van der Waals surface area contributed by atoms with Gasteiger partial charge < -0.3 is 16.0 Å². The number of nitrogens with two attached hydrogens (primary N) is 1. The Morgan fingerprint density at radius 2 is 2.24 bits per heavy atom. The van der Waals surface area contributed by atoms with E-state index in [0.717, 1.165) is 48.2 Å². The summed E-state index contributed by atoms with van der Waals surface area (Å²) in [5, 5.41) is 4.20. The van der Waals surface area contributed by atoms with Crippen LogP contribution in [-0.2, 0) is 6.42 Å². The molecule has 1 saturated heterocycles. The van der Waals surface area contributed by atoms with Crippen LogP contribution in [0.3, 0.4) is 0 Å². The number of aromatic nitrogens is 1. The zero-order valence-corrected chi connectivity index (χ0v) is 10.8. The molecule has 1 aromatic heterocycles. The molecule has 5 nitrogen and oxygen atoms in total. The van der Waals surface area contributed by atoms with Crippen molar-refractivity contribution in [2.45, 2.75) is 13.3 Å². The fraction of sp³-hybridized carbons (Fsp3) is 0.636. The first-order chi connectivity index (χ1) is 8.22. The molecule has 1 aliphatic heterocycles. The molecule has 1 amide bonds. The molecule has 0 aromatic carbocycles. The van der Waals surface area contributed by atoms with Crippen LogP contribution in [-0.4, -0.2) is 48.5 Å². The number of rotatable bonds is 3. The molecule has 2 rings (SSSR count). The highest BCUT2D eigenvalue weighted by atomic mass is 32.1. The maximum absolute atomic E-state index is 12.3. The summed E-state index contributed by atoms with van der Waals surface area (Å²) in [5.74, 6) is 0.116. The molecule has 94 valence electrons. The molecule has 1 aliphatic rings. The second-order valence-electron chi connectivity index (χ2n) is 4.10. The third-order valence-electron chi connectivity index (χ3n) is 2.80. The quantitative estimate of drug-likeness (QED) is 0.796. The van der Waals surface area contributed by atoms with Gasteiger partial charge in [-0.05, 0) is 13.5 Å². The summed E-state index contributed by atoms with van der Waals surface area (Å²) in [6.07, 6.45) is 0.750. The third kappa shape index (κ3) is 2.83. The lowest BCUT2D eigenvalue weighted by molar-refractivity contribution is 0.0740. The van der Waals surface area contributed by atoms with Crippen molar-refractivity contribution in [3.63, 3.8) is 0 Å². The molecule has 17 heavy (non-hydrogen) atoms. The van der Waals surface area contributed by atoms with Gasteiger partial charge in [0, 0.05) is 32.6 Å². The van der Waals surface area contributed by atoms with Crippen LogP contribution in [0, 0.1) is 6.92 Å². The minimum atomic E-state index is 0.116. The summed E-state index contributed by atoms with van der Waals surface area (Å²) in [6.45, 7) is 5.78. The largest absolute Gasteiger partial charge is 0.335 e. The van der Waals surface area contributed by atoms with Crippen molar-refractivity contribution in [3.05, 3.63) is 15.6 Å². The molecule has 0 saturated carbocycles. The van der Waals surface area contributed by atoms with Crippen LogP contribution in [0.1, 0.15) is 20.4 Å². The van der Waals surface area contributed by atoms with Crippen molar-refractivity contribution in [2.24, 2.45) is 5.73 Å². The van der Waals surface area contributed by atoms with Crippen molar-refractivity contribution < 1.29 is 4.79 Å². The normalized spacial score (nSPS) is 16.2. The van der Waals surface area contributed by atoms with Gasteiger partial charge in [0.05, 0.1) is 10.7 Å². The molecular formula is C11H18N4OS. The molecule has 0 spiro atoms. The summed E-state index contributed by atoms with van der Waals surface area (Å²) in [6, 6.07) is 0. The molecule has 0 radical (unpaired) electrons. The molecule has 0 aliphatic carbocycles. The monoisotopic (exact) mass is 254 g/mol. The van der Waals surface area contributed by atoms with Crippen LogP contribution in [0.2, 0.25) is 0 Å². The van der Waals surface area contributed by atoms with E-state index in [0.29, 0.717) is 6.54 Å². The van der Waals surface area contributed by atoms with E-state index in [1.165, 1.54) is 11.3 Å². The maximum atomic E-state index is 12.3. The molecule has 0 unspecified atom stereocenters. The van der Waals surface area contributed by atoms with E-state index in [9.17, 15) is 4.79 Å². The van der Waals surface area contributed by atoms with Crippen molar-refractivity contribution >= 4 is 17.2 Å². The predicted octanol–water partition coefficient (Wildman–Crippen LogP) is -0.00188. The van der Waals surface area contributed by atoms with Crippen molar-refractivity contribution in [1.82, 2.24) is 15.2 Å². The Balaban J connectivity index is 2.12. The Labute approximate surface area is 105 Å². The number of hydrogen-bond donors (Lipinski definition) is 2. The Hall–Kier alpha value is -0.980. The SMILES string of the molecule is Cc1nc(CCN)sc1C(=O)N1CCNCC1. The van der Waals surface area contributed by atoms with E-state index in [2.05, 4.69) is 10.3 Å². The van der Waals surface area contributed by atoms with Gasteiger partial charge in [0.15, 0.2) is 0 Å². The highest BCUT2D eigenvalue weighted by Crippen LogP contribution is 2.20. The molecule has 2 heterocycles. The molecule has 1 aromatic rings. The molecule has 1 fully saturated rings. The van der Waals surface area contributed by atoms with E-state index in [1.807, 2.05) is 11.8 Å². The lowest BCUT2D eigenvalue weighted by Crippen LogP contribution is -2.46. The van der Waals surface area contributed by atoms with Gasteiger partial charge in [-0.2, -0.15) is 0 Å². The number of carbonyl (C=O) groups is 1. The summed E-state index contributed by atoms with van der Waals surface area (Å²) >= 11 is 1.48. The number of piperazine rings is 1. The first-order valence-electron chi connectivity index (χ1n) is 5.88. The highest BCUT2D eigenvalue weighted by Gasteiger charge is 2.22. The lowest BCUT2D eigenvalue weighted by atomic mass is 10.3. The number of carbonyl (C=O) groups excluding carboxylic acids is 1. The van der Waals surface area contributed by atoms with Gasteiger partial charge in [0.2, 0.25) is 0 Å². The Bertz CT molecular complexity index is 398. The second-order valence-corrected chi connectivity index (χ2v) is 5.19. The van der Waals surface area contributed by atoms with E-state index >= 15 is 0 Å². The van der Waals surface area contributed by atoms with Gasteiger partial charge in [-0.3, -0.25) is 4.79 Å². The van der Waals surface area contributed by atoms with Crippen molar-refractivity contribution in [1.29, 1.82) is 0 Å². The number of nitrogens with zero attached hydrogens (tertiary/aromatic N) is 2. The molecular weight excluding hydrogens is 236 g/mol. The van der Waals surface area contributed by atoms with Gasteiger partial charge in [-0.15, -0.1) is 11.3 Å². The van der Waals surface area contributed by atoms with Crippen LogP contribution in [0.15, 0.2) is 0 Å². The second kappa shape index (κ2) is 5.57. The van der Waals surface area contributed by atoms with Crippen LogP contribution in [0.5, 0.6) is 0 Å². The average molecular weight is 254 g/mol. The standard InChI is InChI=1S/C11H18N4OS/c1-8-10(17-9(14-8)2-3-12)11(16)15-6-4-13-5-7-15/h13H,2-7,12H2,1H3. The predicted molar refractivity (Wildman–Crippen MR) is 68.4 cm³/mol. The topological polar surface area (TPSA) is 71.2 Å². The first-order valence-corrected chi connectivity index (χ1v) is 6.70. The van der Waals surface area contributed by atoms with Gasteiger partial charge in [0.1, 0.15) is 4.88 Å². The van der Waals surface area contributed by atoms with Crippen LogP contribution >= 0.6 is 11.3 Å². The first kappa shape index (κ1) is 12.5. The average Bonchev–Trinajstić information content (AvgIpc) is 2.71. The minimum Gasteiger partial charge on any atom is -0.335 e. The highest BCUT2D eigenvalue weighted by molar-refractivity contribution is 7.13. The number of amides is 1. The summed E-state index contributed by atoms with van der Waals surface area (Å²) < 4.78 is 0. The Morgan fingerprint density at radius 3 is 2.88 bits per heavy atom. The third-order valence-corrected chi connectivity index (χ3v) is 4.00. The number of thiazole rings is 1. The van der Waals surface area contributed by atoms with E-state index in [-0.39, 0.29) is 5.91 Å². The fourth-order valence-corrected chi connectivity index (χ4v) is 2.94. The number of hydrogen-bond acceptors (Lipinski definition) is 5. The van der Waals surface area contributed by atoms with Crippen molar-refractivity contribution in [3.8, 4) is 0 Å². The fourth-order valence-electron chi connectivity index (χ4n) is 1.89. The van der Waals surface area contributed by atoms with Gasteiger partial charge in [-0.1, -0.05) is 0 Å². The van der Waals surface area contributed by atoms with Crippen LogP contribution in [0.25, 0.3) is 0 Å². The summed E-state index contributed by atoms with van der Waals surface area (Å²) in [4.78, 5) is 19.3. The summed E-state index contributed by atoms with van der Waals surface area (Å²) in [7, 11) is 0. The molecule has 3 N–H and O–H groups in total. The minimum absolute atomic E-state index is 0.116. The van der Waals surface area contributed by atoms with E-state index in [1.54, 1.807) is 0 Å². The van der Waals surface area contributed by atoms with Crippen LogP contribution < -0.4 is 11.1 Å². The zero-order chi connectivity index (χ0) is 12.3. The van der Waals surface area contributed by atoms with Crippen molar-refractivity contribution in [2.75, 3.05) is 32.7 Å². The smallest absolute Gasteiger partial charge is 0.265 e. The Kier molecular flexibility index (Phi) is 4.09. The molecule has 0 bridgehead atoms. The van der Waals surface area contributed by atoms with Gasteiger partial charge >= 0.3 is 0 Å². The zero-order valence-electron chi connectivity index (χ0n) is 10.0. The summed E-state index contributed by atoms with van der Waals surface area (Å²) in [5.41, 5.74) is 6.34. The lowest BCUT2D eigenvalue weighted by Gasteiger charge is -2.27. The van der Waals surface area contributed by atoms with E-state index in [4.69, 9.17) is 5.73 Å². The maximum Gasteiger partial charge on any atom is 0.265 e. The Morgan fingerprint density at radius 1 is 1.53 bits per heavy atom. The number of aryl methyl sites for hydroxylation is 1. The van der Waals surface area contributed by atoms with Crippen LogP contribution in [0.4, 0.5) is 0 Å². The van der Waals surface area contributed by atoms with E-state index < -0.39 is 0 Å².